The van der Waals surface area contributed by atoms with E-state index in [0.29, 0.717) is 6.54 Å². The summed E-state index contributed by atoms with van der Waals surface area (Å²) in [7, 11) is -3.58. The molecule has 2 heterocycles. The van der Waals surface area contributed by atoms with Crippen molar-refractivity contribution in [3.8, 4) is 0 Å². The fourth-order valence-corrected chi connectivity index (χ4v) is 4.36. The first kappa shape index (κ1) is 13.4. The molecule has 0 aliphatic heterocycles. The van der Waals surface area contributed by atoms with Gasteiger partial charge in [0.15, 0.2) is 0 Å². The summed E-state index contributed by atoms with van der Waals surface area (Å²) in [6.07, 6.45) is 0.732. The molecule has 0 fully saturated rings. The second-order valence-electron chi connectivity index (χ2n) is 3.38. The van der Waals surface area contributed by atoms with Gasteiger partial charge in [0.1, 0.15) is 9.22 Å². The SMILES string of the molecule is CCc1nnc(NS(=O)(=O)c2ccc(CN)s2)s1. The van der Waals surface area contributed by atoms with Crippen molar-refractivity contribution in [1.29, 1.82) is 0 Å². The molecule has 0 bridgehead atoms. The molecule has 0 amide bonds. The highest BCUT2D eigenvalue weighted by Crippen LogP contribution is 2.25. The van der Waals surface area contributed by atoms with Crippen LogP contribution in [0, 0.1) is 0 Å². The van der Waals surface area contributed by atoms with Crippen molar-refractivity contribution in [2.75, 3.05) is 4.72 Å². The lowest BCUT2D eigenvalue weighted by Crippen LogP contribution is -2.11. The molecule has 18 heavy (non-hydrogen) atoms. The number of aryl methyl sites for hydroxylation is 1. The van der Waals surface area contributed by atoms with Gasteiger partial charge in [-0.2, -0.15) is 0 Å². The van der Waals surface area contributed by atoms with Crippen molar-refractivity contribution >= 4 is 37.8 Å². The van der Waals surface area contributed by atoms with Crippen LogP contribution >= 0.6 is 22.7 Å². The average Bonchev–Trinajstić information content (AvgIpc) is 2.96. The number of nitrogens with two attached hydrogens (primary N) is 1. The van der Waals surface area contributed by atoms with Crippen LogP contribution in [0.4, 0.5) is 5.13 Å². The molecule has 0 atom stereocenters. The van der Waals surface area contributed by atoms with Gasteiger partial charge in [0.25, 0.3) is 10.0 Å². The molecular weight excluding hydrogens is 292 g/mol. The van der Waals surface area contributed by atoms with Crippen LogP contribution in [-0.4, -0.2) is 18.6 Å². The van der Waals surface area contributed by atoms with E-state index in [0.717, 1.165) is 27.6 Å². The number of nitrogens with one attached hydrogen (secondary N) is 1. The summed E-state index contributed by atoms with van der Waals surface area (Å²) in [5, 5.41) is 8.72. The van der Waals surface area contributed by atoms with Crippen LogP contribution in [0.25, 0.3) is 0 Å². The Balaban J connectivity index is 2.21. The maximum atomic E-state index is 12.0. The zero-order chi connectivity index (χ0) is 13.2. The van der Waals surface area contributed by atoms with Gasteiger partial charge in [-0.1, -0.05) is 18.3 Å². The average molecular weight is 304 g/mol. The molecule has 6 nitrogen and oxygen atoms in total. The minimum absolute atomic E-state index is 0.233. The highest BCUT2D eigenvalue weighted by atomic mass is 32.2. The number of thiophene rings is 1. The number of aromatic nitrogens is 2. The predicted octanol–water partition coefficient (Wildman–Crippen LogP) is 1.42. The standard InChI is InChI=1S/C9H12N4O2S3/c1-2-7-11-12-9(17-7)13-18(14,15)8-4-3-6(5-10)16-8/h3-4H,2,5,10H2,1H3,(H,12,13). The summed E-state index contributed by atoms with van der Waals surface area (Å²) in [4.78, 5) is 0.821. The fraction of sp³-hybridized carbons (Fsp3) is 0.333. The molecule has 0 unspecified atom stereocenters. The summed E-state index contributed by atoms with van der Waals surface area (Å²) in [5.74, 6) is 0. The van der Waals surface area contributed by atoms with Gasteiger partial charge in [-0.3, -0.25) is 4.72 Å². The summed E-state index contributed by atoms with van der Waals surface area (Å²) in [6, 6.07) is 3.24. The largest absolute Gasteiger partial charge is 0.326 e. The Morgan fingerprint density at radius 2 is 2.11 bits per heavy atom. The predicted molar refractivity (Wildman–Crippen MR) is 72.3 cm³/mol. The van der Waals surface area contributed by atoms with Gasteiger partial charge in [-0.25, -0.2) is 8.42 Å². The number of anilines is 1. The molecule has 0 aliphatic rings. The van der Waals surface area contributed by atoms with Crippen molar-refractivity contribution < 1.29 is 8.42 Å². The molecule has 3 N–H and O–H groups in total. The Hall–Kier alpha value is -1.03. The molecule has 2 aromatic heterocycles. The molecule has 9 heteroatoms. The van der Waals surface area contributed by atoms with E-state index in [9.17, 15) is 8.42 Å². The summed E-state index contributed by atoms with van der Waals surface area (Å²) < 4.78 is 26.7. The van der Waals surface area contributed by atoms with Crippen molar-refractivity contribution in [3.05, 3.63) is 22.0 Å². The van der Waals surface area contributed by atoms with Crippen molar-refractivity contribution in [2.24, 2.45) is 5.73 Å². The third-order valence-electron chi connectivity index (χ3n) is 2.09. The van der Waals surface area contributed by atoms with Gasteiger partial charge >= 0.3 is 0 Å². The van der Waals surface area contributed by atoms with Gasteiger partial charge < -0.3 is 5.73 Å². The highest BCUT2D eigenvalue weighted by Gasteiger charge is 2.18. The molecule has 98 valence electrons. The number of sulfonamides is 1. The Morgan fingerprint density at radius 1 is 1.33 bits per heavy atom. The van der Waals surface area contributed by atoms with Gasteiger partial charge in [-0.05, 0) is 18.6 Å². The lowest BCUT2D eigenvalue weighted by Gasteiger charge is -2.00. The number of rotatable bonds is 5. The van der Waals surface area contributed by atoms with E-state index in [4.69, 9.17) is 5.73 Å². The smallest absolute Gasteiger partial charge is 0.273 e. The fourth-order valence-electron chi connectivity index (χ4n) is 1.22. The summed E-state index contributed by atoms with van der Waals surface area (Å²) in [6.45, 7) is 2.27. The Morgan fingerprint density at radius 3 is 2.67 bits per heavy atom. The van der Waals surface area contributed by atoms with Gasteiger partial charge in [0, 0.05) is 11.4 Å². The summed E-state index contributed by atoms with van der Waals surface area (Å²) >= 11 is 2.39. The maximum Gasteiger partial charge on any atom is 0.273 e. The highest BCUT2D eigenvalue weighted by molar-refractivity contribution is 7.94. The normalized spacial score (nSPS) is 11.7. The number of nitrogens with zero attached hydrogens (tertiary/aromatic N) is 2. The molecular formula is C9H12N4O2S3. The van der Waals surface area contributed by atoms with Crippen LogP contribution in [-0.2, 0) is 23.0 Å². The Bertz CT molecular complexity index is 632. The molecule has 0 saturated heterocycles. The topological polar surface area (TPSA) is 98.0 Å². The van der Waals surface area contributed by atoms with Gasteiger partial charge in [0.05, 0.1) is 0 Å². The van der Waals surface area contributed by atoms with E-state index >= 15 is 0 Å². The molecule has 2 aromatic rings. The molecule has 0 radical (unpaired) electrons. The minimum Gasteiger partial charge on any atom is -0.326 e. The van der Waals surface area contributed by atoms with E-state index < -0.39 is 10.0 Å². The first-order valence-electron chi connectivity index (χ1n) is 5.19. The van der Waals surface area contributed by atoms with Crippen molar-refractivity contribution in [3.63, 3.8) is 0 Å². The molecule has 0 saturated carbocycles. The van der Waals surface area contributed by atoms with E-state index in [2.05, 4.69) is 14.9 Å². The first-order valence-corrected chi connectivity index (χ1v) is 8.30. The molecule has 0 spiro atoms. The van der Waals surface area contributed by atoms with Crippen molar-refractivity contribution in [2.45, 2.75) is 24.1 Å². The van der Waals surface area contributed by atoms with E-state index in [1.807, 2.05) is 6.92 Å². The van der Waals surface area contributed by atoms with Crippen LogP contribution in [0.1, 0.15) is 16.8 Å². The van der Waals surface area contributed by atoms with Crippen LogP contribution in [0.15, 0.2) is 16.3 Å². The zero-order valence-corrected chi connectivity index (χ0v) is 12.0. The first-order chi connectivity index (χ1) is 8.55. The second kappa shape index (κ2) is 5.31. The van der Waals surface area contributed by atoms with Crippen LogP contribution in [0.5, 0.6) is 0 Å². The van der Waals surface area contributed by atoms with Crippen LogP contribution in [0.2, 0.25) is 0 Å². The van der Waals surface area contributed by atoms with E-state index in [-0.39, 0.29) is 9.34 Å². The van der Waals surface area contributed by atoms with E-state index in [1.165, 1.54) is 17.4 Å². The van der Waals surface area contributed by atoms with Gasteiger partial charge in [0.2, 0.25) is 5.13 Å². The second-order valence-corrected chi connectivity index (χ2v) is 7.52. The number of hydrogen-bond donors (Lipinski definition) is 2. The quantitative estimate of drug-likeness (QED) is 0.870. The molecule has 0 aromatic carbocycles. The number of hydrogen-bond acceptors (Lipinski definition) is 7. The third-order valence-corrected chi connectivity index (χ3v) is 6.14. The minimum atomic E-state index is -3.58. The monoisotopic (exact) mass is 304 g/mol. The van der Waals surface area contributed by atoms with Crippen molar-refractivity contribution in [1.82, 2.24) is 10.2 Å². The third kappa shape index (κ3) is 2.86. The Kier molecular flexibility index (Phi) is 3.95. The van der Waals surface area contributed by atoms with Crippen LogP contribution in [0.3, 0.4) is 0 Å². The zero-order valence-electron chi connectivity index (χ0n) is 9.58. The maximum absolute atomic E-state index is 12.0. The summed E-state index contributed by atoms with van der Waals surface area (Å²) in [5.41, 5.74) is 5.46. The Labute approximate surface area is 113 Å². The molecule has 0 aliphatic carbocycles. The van der Waals surface area contributed by atoms with Crippen LogP contribution < -0.4 is 10.5 Å². The lowest BCUT2D eigenvalue weighted by molar-refractivity contribution is 0.603. The van der Waals surface area contributed by atoms with Gasteiger partial charge in [-0.15, -0.1) is 21.5 Å². The lowest BCUT2D eigenvalue weighted by atomic mass is 10.5. The van der Waals surface area contributed by atoms with E-state index in [1.54, 1.807) is 6.07 Å². The molecule has 2 rings (SSSR count).